The van der Waals surface area contributed by atoms with Gasteiger partial charge in [-0.1, -0.05) is 0 Å². The highest BCUT2D eigenvalue weighted by molar-refractivity contribution is 7.90. The molecule has 0 aromatic heterocycles. The van der Waals surface area contributed by atoms with E-state index in [2.05, 4.69) is 0 Å². The van der Waals surface area contributed by atoms with Crippen molar-refractivity contribution in [3.8, 4) is 0 Å². The van der Waals surface area contributed by atoms with Gasteiger partial charge in [-0.25, -0.2) is 8.42 Å². The van der Waals surface area contributed by atoms with E-state index in [9.17, 15) is 17.4 Å². The molecule has 0 aliphatic carbocycles. The summed E-state index contributed by atoms with van der Waals surface area (Å²) in [4.78, 5) is 11.5. The average Bonchev–Trinajstić information content (AvgIpc) is 2.25. The molecule has 0 saturated heterocycles. The standard InChI is InChI=1S/C11H14O4S2/c1-9(12)7-8-16(13)10-3-5-11(6-4-10)17(2,14)15/h3-6H,7-8H2,1-2H3. The fraction of sp³-hybridized carbons (Fsp3) is 0.364. The minimum Gasteiger partial charge on any atom is -0.300 e. The van der Waals surface area contributed by atoms with Crippen LogP contribution in [0.25, 0.3) is 0 Å². The van der Waals surface area contributed by atoms with Crippen LogP contribution in [-0.4, -0.2) is 30.4 Å². The maximum atomic E-state index is 11.7. The fourth-order valence-electron chi connectivity index (χ4n) is 1.19. The number of ketones is 1. The monoisotopic (exact) mass is 274 g/mol. The maximum Gasteiger partial charge on any atom is 0.175 e. The number of carbonyl (C=O) groups excluding carboxylic acids is 1. The number of Topliss-reactive ketones (excluding diaryl/α,β-unsaturated/α-hetero) is 1. The zero-order chi connectivity index (χ0) is 13.1. The van der Waals surface area contributed by atoms with E-state index in [1.807, 2.05) is 0 Å². The van der Waals surface area contributed by atoms with Gasteiger partial charge in [0, 0.05) is 23.3 Å². The Labute approximate surface area is 103 Å². The molecule has 0 bridgehead atoms. The molecule has 94 valence electrons. The van der Waals surface area contributed by atoms with Crippen LogP contribution in [-0.2, 0) is 25.4 Å². The second-order valence-corrected chi connectivity index (χ2v) is 7.33. The molecule has 1 atom stereocenters. The van der Waals surface area contributed by atoms with Crippen LogP contribution in [0.1, 0.15) is 13.3 Å². The molecule has 0 fully saturated rings. The van der Waals surface area contributed by atoms with Crippen LogP contribution in [0.4, 0.5) is 0 Å². The summed E-state index contributed by atoms with van der Waals surface area (Å²) in [6, 6.07) is 5.89. The van der Waals surface area contributed by atoms with Gasteiger partial charge in [-0.2, -0.15) is 0 Å². The Morgan fingerprint density at radius 3 is 2.18 bits per heavy atom. The zero-order valence-electron chi connectivity index (χ0n) is 9.67. The molecule has 1 rings (SSSR count). The Kier molecular flexibility index (Phi) is 4.59. The predicted molar refractivity (Wildman–Crippen MR) is 66.1 cm³/mol. The second-order valence-electron chi connectivity index (χ2n) is 3.75. The van der Waals surface area contributed by atoms with Gasteiger partial charge in [0.25, 0.3) is 0 Å². The first-order chi connectivity index (χ1) is 7.80. The van der Waals surface area contributed by atoms with Crippen molar-refractivity contribution >= 4 is 26.4 Å². The summed E-state index contributed by atoms with van der Waals surface area (Å²) >= 11 is 0. The first-order valence-electron chi connectivity index (χ1n) is 4.98. The lowest BCUT2D eigenvalue weighted by Crippen LogP contribution is -2.03. The van der Waals surface area contributed by atoms with E-state index in [0.717, 1.165) is 6.26 Å². The van der Waals surface area contributed by atoms with Crippen molar-refractivity contribution in [1.29, 1.82) is 0 Å². The first kappa shape index (κ1) is 14.1. The van der Waals surface area contributed by atoms with Crippen LogP contribution in [0, 0.1) is 0 Å². The van der Waals surface area contributed by atoms with Gasteiger partial charge < -0.3 is 0 Å². The van der Waals surface area contributed by atoms with Crippen LogP contribution >= 0.6 is 0 Å². The second kappa shape index (κ2) is 5.55. The van der Waals surface area contributed by atoms with E-state index < -0.39 is 20.6 Å². The molecule has 0 radical (unpaired) electrons. The van der Waals surface area contributed by atoms with Gasteiger partial charge in [0.2, 0.25) is 0 Å². The van der Waals surface area contributed by atoms with Gasteiger partial charge in [0.1, 0.15) is 5.78 Å². The van der Waals surface area contributed by atoms with Crippen LogP contribution < -0.4 is 0 Å². The molecule has 0 spiro atoms. The van der Waals surface area contributed by atoms with Crippen LogP contribution in [0.5, 0.6) is 0 Å². The van der Waals surface area contributed by atoms with E-state index in [4.69, 9.17) is 0 Å². The van der Waals surface area contributed by atoms with Gasteiger partial charge >= 0.3 is 0 Å². The topological polar surface area (TPSA) is 68.3 Å². The molecule has 1 aromatic carbocycles. The van der Waals surface area contributed by atoms with E-state index >= 15 is 0 Å². The Balaban J connectivity index is 2.81. The minimum absolute atomic E-state index is 0.00824. The summed E-state index contributed by atoms with van der Waals surface area (Å²) in [6.07, 6.45) is 1.38. The molecule has 1 aromatic rings. The van der Waals surface area contributed by atoms with Gasteiger partial charge in [0.15, 0.2) is 9.84 Å². The molecule has 4 nitrogen and oxygen atoms in total. The lowest BCUT2D eigenvalue weighted by molar-refractivity contribution is -0.116. The summed E-state index contributed by atoms with van der Waals surface area (Å²) < 4.78 is 34.1. The predicted octanol–water partition coefficient (Wildman–Crippen LogP) is 1.18. The summed E-state index contributed by atoms with van der Waals surface area (Å²) in [6.45, 7) is 1.45. The molecular formula is C11H14O4S2. The minimum atomic E-state index is -3.22. The summed E-state index contributed by atoms with van der Waals surface area (Å²) in [5, 5.41) is 0. The van der Waals surface area contributed by atoms with Gasteiger partial charge in [-0.15, -0.1) is 0 Å². The number of hydrogen-bond acceptors (Lipinski definition) is 4. The molecule has 0 heterocycles. The van der Waals surface area contributed by atoms with Crippen molar-refractivity contribution < 1.29 is 17.4 Å². The molecule has 0 saturated carbocycles. The molecule has 0 amide bonds. The Morgan fingerprint density at radius 2 is 1.76 bits per heavy atom. The van der Waals surface area contributed by atoms with E-state index in [1.165, 1.54) is 31.2 Å². The zero-order valence-corrected chi connectivity index (χ0v) is 11.3. The van der Waals surface area contributed by atoms with Gasteiger partial charge in [-0.3, -0.25) is 9.00 Å². The van der Waals surface area contributed by atoms with Gasteiger partial charge in [-0.05, 0) is 31.2 Å². The van der Waals surface area contributed by atoms with E-state index in [1.54, 1.807) is 0 Å². The number of sulfone groups is 1. The van der Waals surface area contributed by atoms with Crippen molar-refractivity contribution in [3.05, 3.63) is 24.3 Å². The van der Waals surface area contributed by atoms with Crippen LogP contribution in [0.3, 0.4) is 0 Å². The third kappa shape index (κ3) is 4.40. The number of carbonyl (C=O) groups is 1. The van der Waals surface area contributed by atoms with E-state index in [0.29, 0.717) is 4.90 Å². The van der Waals surface area contributed by atoms with Crippen molar-refractivity contribution in [2.24, 2.45) is 0 Å². The summed E-state index contributed by atoms with van der Waals surface area (Å²) in [7, 11) is -4.48. The molecule has 0 N–H and O–H groups in total. The quantitative estimate of drug-likeness (QED) is 0.808. The maximum absolute atomic E-state index is 11.7. The highest BCUT2D eigenvalue weighted by Gasteiger charge is 2.09. The third-order valence-electron chi connectivity index (χ3n) is 2.15. The highest BCUT2D eigenvalue weighted by atomic mass is 32.2. The summed E-state index contributed by atoms with van der Waals surface area (Å²) in [5.74, 6) is 0.263. The van der Waals surface area contributed by atoms with E-state index in [-0.39, 0.29) is 22.9 Å². The molecule has 17 heavy (non-hydrogen) atoms. The Hall–Kier alpha value is -1.01. The number of benzene rings is 1. The number of hydrogen-bond donors (Lipinski definition) is 0. The normalized spacial score (nSPS) is 13.3. The molecule has 1 unspecified atom stereocenters. The van der Waals surface area contributed by atoms with Crippen molar-refractivity contribution in [1.82, 2.24) is 0 Å². The van der Waals surface area contributed by atoms with Gasteiger partial charge in [0.05, 0.1) is 15.7 Å². The smallest absolute Gasteiger partial charge is 0.175 e. The lowest BCUT2D eigenvalue weighted by Gasteiger charge is -2.02. The fourth-order valence-corrected chi connectivity index (χ4v) is 2.97. The van der Waals surface area contributed by atoms with Crippen LogP contribution in [0.2, 0.25) is 0 Å². The van der Waals surface area contributed by atoms with Crippen LogP contribution in [0.15, 0.2) is 34.1 Å². The molecule has 0 aliphatic heterocycles. The highest BCUT2D eigenvalue weighted by Crippen LogP contribution is 2.13. The van der Waals surface area contributed by atoms with Crippen molar-refractivity contribution in [2.45, 2.75) is 23.1 Å². The Morgan fingerprint density at radius 1 is 1.24 bits per heavy atom. The average molecular weight is 274 g/mol. The first-order valence-corrected chi connectivity index (χ1v) is 8.19. The Bertz CT molecular complexity index is 529. The number of rotatable bonds is 5. The molecule has 6 heteroatoms. The SMILES string of the molecule is CC(=O)CCS(=O)c1ccc(S(C)(=O)=O)cc1. The lowest BCUT2D eigenvalue weighted by atomic mass is 10.4. The molecule has 0 aliphatic rings. The molecular weight excluding hydrogens is 260 g/mol. The largest absolute Gasteiger partial charge is 0.300 e. The van der Waals surface area contributed by atoms with Crippen molar-refractivity contribution in [2.75, 3.05) is 12.0 Å². The van der Waals surface area contributed by atoms with Crippen molar-refractivity contribution in [3.63, 3.8) is 0 Å². The summed E-state index contributed by atoms with van der Waals surface area (Å²) in [5.41, 5.74) is 0. The third-order valence-corrected chi connectivity index (χ3v) is 4.66.